The summed E-state index contributed by atoms with van der Waals surface area (Å²) in [5, 5.41) is 0. The number of hydrogen-bond donors (Lipinski definition) is 1. The molecule has 0 radical (unpaired) electrons. The van der Waals surface area contributed by atoms with Gasteiger partial charge in [-0.3, -0.25) is 0 Å². The zero-order chi connectivity index (χ0) is 20.8. The Bertz CT molecular complexity index is 1050. The molecule has 2 aliphatic rings. The normalized spacial score (nSPS) is 23.0. The van der Waals surface area contributed by atoms with Crippen molar-refractivity contribution in [1.29, 1.82) is 0 Å². The van der Waals surface area contributed by atoms with E-state index < -0.39 is 16.1 Å². The van der Waals surface area contributed by atoms with Crippen molar-refractivity contribution in [2.45, 2.75) is 42.7 Å². The van der Waals surface area contributed by atoms with Crippen LogP contribution < -0.4 is 14.4 Å². The molecule has 0 unspecified atom stereocenters. The summed E-state index contributed by atoms with van der Waals surface area (Å²) in [6, 6.07) is 12.5. The van der Waals surface area contributed by atoms with Gasteiger partial charge >= 0.3 is 0 Å². The molecule has 1 N–H and O–H groups in total. The van der Waals surface area contributed by atoms with E-state index in [9.17, 15) is 8.42 Å². The van der Waals surface area contributed by atoms with E-state index in [0.29, 0.717) is 6.42 Å². The van der Waals surface area contributed by atoms with Gasteiger partial charge in [0.2, 0.25) is 10.0 Å². The van der Waals surface area contributed by atoms with Crippen LogP contribution in [0.3, 0.4) is 0 Å². The maximum atomic E-state index is 13.3. The summed E-state index contributed by atoms with van der Waals surface area (Å²) < 4.78 is 35.9. The summed E-state index contributed by atoms with van der Waals surface area (Å²) in [4.78, 5) is 2.62. The van der Waals surface area contributed by atoms with Crippen LogP contribution in [0.1, 0.15) is 36.4 Å². The van der Waals surface area contributed by atoms with E-state index in [4.69, 9.17) is 4.74 Å². The van der Waals surface area contributed by atoms with Crippen LogP contribution in [-0.4, -0.2) is 27.6 Å². The molecular formula is C22H25BrN2O3S. The Hall–Kier alpha value is -1.83. The minimum absolute atomic E-state index is 0.275. The van der Waals surface area contributed by atoms with Crippen LogP contribution >= 0.6 is 15.9 Å². The summed E-state index contributed by atoms with van der Waals surface area (Å²) in [6.07, 6.45) is 2.55. The number of aryl methyl sites for hydroxylation is 1. The van der Waals surface area contributed by atoms with E-state index in [1.165, 1.54) is 0 Å². The Balaban J connectivity index is 1.82. The van der Waals surface area contributed by atoms with Gasteiger partial charge in [-0.15, -0.1) is 0 Å². The fourth-order valence-electron chi connectivity index (χ4n) is 4.72. The van der Waals surface area contributed by atoms with Crippen molar-refractivity contribution in [1.82, 2.24) is 4.72 Å². The number of nitrogens with one attached hydrogen (secondary N) is 1. The van der Waals surface area contributed by atoms with E-state index in [1.807, 2.05) is 37.3 Å². The molecule has 2 atom stereocenters. The second-order valence-electron chi connectivity index (χ2n) is 7.84. The molecule has 29 heavy (non-hydrogen) atoms. The van der Waals surface area contributed by atoms with Gasteiger partial charge in [-0.25, -0.2) is 13.1 Å². The van der Waals surface area contributed by atoms with Gasteiger partial charge in [0, 0.05) is 18.7 Å². The third-order valence-corrected chi connectivity index (χ3v) is 7.72. The molecule has 2 aromatic carbocycles. The highest BCUT2D eigenvalue weighted by atomic mass is 79.9. The highest BCUT2D eigenvalue weighted by molar-refractivity contribution is 9.11. The molecule has 0 spiro atoms. The van der Waals surface area contributed by atoms with Gasteiger partial charge in [0.05, 0.1) is 23.6 Å². The number of methoxy groups -OCH3 is 1. The minimum atomic E-state index is -3.70. The van der Waals surface area contributed by atoms with Gasteiger partial charge in [0.1, 0.15) is 5.75 Å². The second-order valence-corrected chi connectivity index (χ2v) is 10.7. The maximum Gasteiger partial charge on any atom is 0.241 e. The van der Waals surface area contributed by atoms with E-state index in [1.54, 1.807) is 19.2 Å². The summed E-state index contributed by atoms with van der Waals surface area (Å²) in [5.74, 6) is 0.720. The molecule has 0 saturated carbocycles. The summed E-state index contributed by atoms with van der Waals surface area (Å²) in [7, 11) is -2.07. The number of halogens is 1. The van der Waals surface area contributed by atoms with Crippen molar-refractivity contribution < 1.29 is 13.2 Å². The number of ether oxygens (including phenoxy) is 1. The maximum absolute atomic E-state index is 13.3. The van der Waals surface area contributed by atoms with Crippen molar-refractivity contribution in [2.75, 3.05) is 18.6 Å². The van der Waals surface area contributed by atoms with Gasteiger partial charge in [-0.05, 0) is 60.1 Å². The topological polar surface area (TPSA) is 58.6 Å². The Morgan fingerprint density at radius 3 is 2.69 bits per heavy atom. The fraction of sp³-hybridized carbons (Fsp3) is 0.364. The Labute approximate surface area is 180 Å². The van der Waals surface area contributed by atoms with E-state index in [2.05, 4.69) is 32.1 Å². The van der Waals surface area contributed by atoms with Gasteiger partial charge in [0.25, 0.3) is 0 Å². The molecule has 4 rings (SSSR count). The van der Waals surface area contributed by atoms with Crippen LogP contribution in [0, 0.1) is 6.92 Å². The number of hydrogen-bond acceptors (Lipinski definition) is 4. The first-order chi connectivity index (χ1) is 13.8. The van der Waals surface area contributed by atoms with Crippen LogP contribution in [0.4, 0.5) is 5.69 Å². The highest BCUT2D eigenvalue weighted by Crippen LogP contribution is 2.55. The SMILES string of the molecule is C=C(Br)C[C@@]12CCCN1c1ccc(OC)cc1[C@H]2NS(=O)(=O)c1ccc(C)cc1. The molecule has 1 saturated heterocycles. The van der Waals surface area contributed by atoms with Crippen LogP contribution in [-0.2, 0) is 10.0 Å². The predicted octanol–water partition coefficient (Wildman–Crippen LogP) is 4.67. The Morgan fingerprint density at radius 1 is 1.31 bits per heavy atom. The van der Waals surface area contributed by atoms with E-state index in [0.717, 1.165) is 46.4 Å². The summed E-state index contributed by atoms with van der Waals surface area (Å²) in [5.41, 5.74) is 2.66. The molecule has 2 aliphatic heterocycles. The zero-order valence-corrected chi connectivity index (χ0v) is 19.0. The van der Waals surface area contributed by atoms with E-state index >= 15 is 0 Å². The zero-order valence-electron chi connectivity index (χ0n) is 16.6. The molecule has 0 amide bonds. The van der Waals surface area contributed by atoms with Crippen LogP contribution in [0.5, 0.6) is 5.75 Å². The van der Waals surface area contributed by atoms with Crippen molar-refractivity contribution in [3.63, 3.8) is 0 Å². The van der Waals surface area contributed by atoms with Crippen molar-refractivity contribution in [2.24, 2.45) is 0 Å². The lowest BCUT2D eigenvalue weighted by Gasteiger charge is -2.39. The molecular weight excluding hydrogens is 452 g/mol. The molecule has 5 nitrogen and oxygen atoms in total. The molecule has 2 heterocycles. The standard InChI is InChI=1S/C22H25BrN2O3S/c1-15-5-8-18(9-6-15)29(26,27)24-21-19-13-17(28-3)7-10-20(19)25-12-4-11-22(21,25)14-16(2)23/h5-10,13,21,24H,2,4,11-12,14H2,1,3H3/t21-,22-/m1/s1. The van der Waals surface area contributed by atoms with E-state index in [-0.39, 0.29) is 10.4 Å². The number of nitrogens with zero attached hydrogens (tertiary/aromatic N) is 1. The lowest BCUT2D eigenvalue weighted by molar-refractivity contribution is 0.352. The average Bonchev–Trinajstić information content (AvgIpc) is 3.18. The molecule has 154 valence electrons. The molecule has 7 heteroatoms. The van der Waals surface area contributed by atoms with Gasteiger partial charge < -0.3 is 9.64 Å². The first-order valence-electron chi connectivity index (χ1n) is 9.65. The number of rotatable bonds is 6. The third kappa shape index (κ3) is 3.49. The second kappa shape index (κ2) is 7.45. The highest BCUT2D eigenvalue weighted by Gasteiger charge is 2.55. The summed E-state index contributed by atoms with van der Waals surface area (Å²) >= 11 is 3.53. The van der Waals surface area contributed by atoms with Crippen molar-refractivity contribution in [3.05, 3.63) is 64.7 Å². The average molecular weight is 477 g/mol. The summed E-state index contributed by atoms with van der Waals surface area (Å²) in [6.45, 7) is 6.89. The van der Waals surface area contributed by atoms with Gasteiger partial charge in [-0.1, -0.05) is 40.2 Å². The molecule has 1 fully saturated rings. The van der Waals surface area contributed by atoms with Crippen molar-refractivity contribution in [3.8, 4) is 5.75 Å². The Morgan fingerprint density at radius 2 is 2.03 bits per heavy atom. The van der Waals surface area contributed by atoms with Gasteiger partial charge in [0.15, 0.2) is 0 Å². The third-order valence-electron chi connectivity index (χ3n) is 6.01. The lowest BCUT2D eigenvalue weighted by Crippen LogP contribution is -2.50. The fourth-order valence-corrected chi connectivity index (χ4v) is 6.49. The minimum Gasteiger partial charge on any atom is -0.497 e. The number of anilines is 1. The van der Waals surface area contributed by atoms with Crippen LogP contribution in [0.25, 0.3) is 0 Å². The predicted molar refractivity (Wildman–Crippen MR) is 119 cm³/mol. The first kappa shape index (κ1) is 20.4. The largest absolute Gasteiger partial charge is 0.497 e. The monoisotopic (exact) mass is 476 g/mol. The molecule has 0 bridgehead atoms. The number of fused-ring (bicyclic) bond motifs is 3. The molecule has 2 aromatic rings. The Kier molecular flexibility index (Phi) is 5.25. The number of sulfonamides is 1. The molecule has 0 aliphatic carbocycles. The number of benzene rings is 2. The van der Waals surface area contributed by atoms with Gasteiger partial charge in [-0.2, -0.15) is 0 Å². The van der Waals surface area contributed by atoms with Crippen LogP contribution in [0.2, 0.25) is 0 Å². The quantitative estimate of drug-likeness (QED) is 0.657. The van der Waals surface area contributed by atoms with Crippen molar-refractivity contribution >= 4 is 31.6 Å². The lowest BCUT2D eigenvalue weighted by atomic mass is 9.84. The van der Waals surface area contributed by atoms with Crippen LogP contribution in [0.15, 0.2) is 58.4 Å². The first-order valence-corrected chi connectivity index (χ1v) is 11.9. The molecule has 0 aromatic heterocycles. The smallest absolute Gasteiger partial charge is 0.241 e.